The number of ether oxygens (including phenoxy) is 1. The molecule has 210 valence electrons. The van der Waals surface area contributed by atoms with Gasteiger partial charge >= 0.3 is 12.0 Å². The number of benzene rings is 2. The lowest BCUT2D eigenvalue weighted by Gasteiger charge is -2.28. The monoisotopic (exact) mass is 523 g/mol. The maximum atomic E-state index is 13.4. The number of hydrogen-bond acceptors (Lipinski definition) is 4. The molecule has 0 saturated heterocycles. The van der Waals surface area contributed by atoms with E-state index >= 15 is 0 Å². The average molecular weight is 524 g/mol. The number of para-hydroxylation sites is 1. The van der Waals surface area contributed by atoms with Crippen molar-refractivity contribution < 1.29 is 14.3 Å². The van der Waals surface area contributed by atoms with Gasteiger partial charge in [0.05, 0.1) is 12.5 Å². The highest BCUT2D eigenvalue weighted by atomic mass is 16.5. The predicted molar refractivity (Wildman–Crippen MR) is 157 cm³/mol. The number of hydrogen-bond donors (Lipinski definition) is 1. The van der Waals surface area contributed by atoms with Gasteiger partial charge in [-0.2, -0.15) is 0 Å². The second-order valence-electron chi connectivity index (χ2n) is 10.4. The molecular weight excluding hydrogens is 474 g/mol. The first kappa shape index (κ1) is 31.4. The van der Waals surface area contributed by atoms with E-state index in [0.29, 0.717) is 13.1 Å². The van der Waals surface area contributed by atoms with Crippen LogP contribution in [-0.2, 0) is 16.1 Å². The summed E-state index contributed by atoms with van der Waals surface area (Å²) >= 11 is 0. The van der Waals surface area contributed by atoms with Crippen molar-refractivity contribution >= 4 is 17.7 Å². The second-order valence-corrected chi connectivity index (χ2v) is 10.4. The largest absolute Gasteiger partial charge is 0.461 e. The minimum Gasteiger partial charge on any atom is -0.461 e. The highest BCUT2D eigenvalue weighted by Gasteiger charge is 2.22. The summed E-state index contributed by atoms with van der Waals surface area (Å²) in [5.74, 6) is -0.318. The van der Waals surface area contributed by atoms with E-state index in [1.165, 1.54) is 51.4 Å². The summed E-state index contributed by atoms with van der Waals surface area (Å²) in [6.45, 7) is 3.69. The maximum Gasteiger partial charge on any atom is 0.322 e. The molecule has 2 aromatic rings. The Kier molecular flexibility index (Phi) is 15.9. The number of unbranched alkanes of at least 4 members (excludes halogenated alkanes) is 9. The van der Waals surface area contributed by atoms with Crippen LogP contribution in [0.3, 0.4) is 0 Å². The zero-order valence-corrected chi connectivity index (χ0v) is 23.9. The molecule has 38 heavy (non-hydrogen) atoms. The van der Waals surface area contributed by atoms with Crippen LogP contribution >= 0.6 is 0 Å². The lowest BCUT2D eigenvalue weighted by Crippen LogP contribution is -2.49. The van der Waals surface area contributed by atoms with Crippen LogP contribution < -0.4 is 10.2 Å². The number of anilines is 1. The van der Waals surface area contributed by atoms with Gasteiger partial charge in [-0.15, -0.1) is 0 Å². The third-order valence-electron chi connectivity index (χ3n) is 6.62. The first-order chi connectivity index (χ1) is 18.5. The van der Waals surface area contributed by atoms with Crippen LogP contribution in [0.5, 0.6) is 0 Å². The quantitative estimate of drug-likeness (QED) is 0.156. The highest BCUT2D eigenvalue weighted by molar-refractivity contribution is 5.92. The van der Waals surface area contributed by atoms with Gasteiger partial charge in [-0.1, -0.05) is 113 Å². The van der Waals surface area contributed by atoms with Crippen LogP contribution in [-0.4, -0.2) is 50.1 Å². The fourth-order valence-electron chi connectivity index (χ4n) is 4.57. The number of carbonyl (C=O) groups is 2. The van der Waals surface area contributed by atoms with Crippen LogP contribution in [0.1, 0.15) is 83.1 Å². The Bertz CT molecular complexity index is 889. The number of likely N-dealkylation sites (N-methyl/N-ethyl adjacent to an activating group) is 1. The second kappa shape index (κ2) is 19.2. The fourth-order valence-corrected chi connectivity index (χ4v) is 4.57. The number of urea groups is 1. The van der Waals surface area contributed by atoms with E-state index in [2.05, 4.69) is 12.2 Å². The molecular formula is C32H49N3O3. The van der Waals surface area contributed by atoms with Crippen molar-refractivity contribution in [2.45, 2.75) is 90.2 Å². The van der Waals surface area contributed by atoms with Crippen molar-refractivity contribution in [1.29, 1.82) is 0 Å². The molecule has 0 bridgehead atoms. The Morgan fingerprint density at radius 1 is 0.789 bits per heavy atom. The topological polar surface area (TPSA) is 61.9 Å². The molecule has 0 aliphatic heterocycles. The van der Waals surface area contributed by atoms with E-state index in [-0.39, 0.29) is 31.1 Å². The molecule has 0 saturated carbocycles. The Hall–Kier alpha value is -2.86. The smallest absolute Gasteiger partial charge is 0.322 e. The zero-order chi connectivity index (χ0) is 27.4. The summed E-state index contributed by atoms with van der Waals surface area (Å²) < 4.78 is 5.48. The molecule has 0 unspecified atom stereocenters. The Balaban J connectivity index is 1.86. The van der Waals surface area contributed by atoms with E-state index in [0.717, 1.165) is 24.1 Å². The van der Waals surface area contributed by atoms with Crippen molar-refractivity contribution in [2.75, 3.05) is 32.1 Å². The van der Waals surface area contributed by atoms with Crippen molar-refractivity contribution in [1.82, 2.24) is 10.2 Å². The molecule has 0 aliphatic rings. The van der Waals surface area contributed by atoms with Crippen LogP contribution in [0.15, 0.2) is 60.7 Å². The van der Waals surface area contributed by atoms with Gasteiger partial charge in [0, 0.05) is 18.8 Å². The molecule has 0 aliphatic carbocycles. The number of nitrogens with zero attached hydrogens (tertiary/aromatic N) is 2. The van der Waals surface area contributed by atoms with Gasteiger partial charge < -0.3 is 15.0 Å². The Morgan fingerprint density at radius 2 is 1.34 bits per heavy atom. The first-order valence-corrected chi connectivity index (χ1v) is 14.5. The van der Waals surface area contributed by atoms with Crippen LogP contribution in [0, 0.1) is 0 Å². The standard InChI is InChI=1S/C32H49N3O3/c1-4-5-6-7-8-9-10-11-12-19-24-35(30-22-17-14-18-23-30)32(37)33-29(26-34(2)3)25-31(36)38-27-28-20-15-13-16-21-28/h13-18,20-23,29H,4-12,19,24-27H2,1-3H3,(H,33,37)/t29-/m1/s1. The maximum absolute atomic E-state index is 13.4. The SMILES string of the molecule is CCCCCCCCCCCCN(C(=O)N[C@H](CC(=O)OCc1ccccc1)CN(C)C)c1ccccc1. The number of amides is 2. The Morgan fingerprint density at radius 3 is 1.92 bits per heavy atom. The van der Waals surface area contributed by atoms with E-state index in [4.69, 9.17) is 4.74 Å². The van der Waals surface area contributed by atoms with E-state index in [1.54, 1.807) is 0 Å². The average Bonchev–Trinajstić information content (AvgIpc) is 2.91. The molecule has 0 radical (unpaired) electrons. The van der Waals surface area contributed by atoms with E-state index < -0.39 is 0 Å². The lowest BCUT2D eigenvalue weighted by atomic mass is 10.1. The third-order valence-corrected chi connectivity index (χ3v) is 6.62. The zero-order valence-electron chi connectivity index (χ0n) is 23.9. The van der Waals surface area contributed by atoms with Crippen LogP contribution in [0.4, 0.5) is 10.5 Å². The van der Waals surface area contributed by atoms with Crippen molar-refractivity contribution in [3.8, 4) is 0 Å². The highest BCUT2D eigenvalue weighted by Crippen LogP contribution is 2.17. The molecule has 2 rings (SSSR count). The number of carbonyl (C=O) groups excluding carboxylic acids is 2. The molecule has 6 nitrogen and oxygen atoms in total. The van der Waals surface area contributed by atoms with Gasteiger partial charge in [0.25, 0.3) is 0 Å². The number of rotatable bonds is 19. The molecule has 0 heterocycles. The number of esters is 1. The van der Waals surface area contributed by atoms with Gasteiger partial charge in [-0.3, -0.25) is 9.69 Å². The molecule has 1 N–H and O–H groups in total. The summed E-state index contributed by atoms with van der Waals surface area (Å²) in [7, 11) is 3.88. The molecule has 2 aromatic carbocycles. The van der Waals surface area contributed by atoms with Gasteiger partial charge in [-0.05, 0) is 38.2 Å². The van der Waals surface area contributed by atoms with Crippen molar-refractivity contribution in [3.05, 3.63) is 66.2 Å². The first-order valence-electron chi connectivity index (χ1n) is 14.5. The summed E-state index contributed by atoms with van der Waals surface area (Å²) in [6.07, 6.45) is 12.6. The number of nitrogens with one attached hydrogen (secondary N) is 1. The van der Waals surface area contributed by atoms with Crippen molar-refractivity contribution in [2.24, 2.45) is 0 Å². The van der Waals surface area contributed by atoms with Gasteiger partial charge in [0.1, 0.15) is 6.61 Å². The minimum absolute atomic E-state index is 0.123. The normalized spacial score (nSPS) is 11.8. The van der Waals surface area contributed by atoms with Gasteiger partial charge in [0.15, 0.2) is 0 Å². The fraction of sp³-hybridized carbons (Fsp3) is 0.562. The molecule has 1 atom stereocenters. The minimum atomic E-state index is -0.348. The third kappa shape index (κ3) is 13.6. The predicted octanol–water partition coefficient (Wildman–Crippen LogP) is 7.19. The van der Waals surface area contributed by atoms with Gasteiger partial charge in [-0.25, -0.2) is 4.79 Å². The molecule has 6 heteroatoms. The lowest BCUT2D eigenvalue weighted by molar-refractivity contribution is -0.145. The summed E-state index contributed by atoms with van der Waals surface area (Å²) in [6, 6.07) is 18.9. The van der Waals surface area contributed by atoms with Gasteiger partial charge in [0.2, 0.25) is 0 Å². The molecule has 0 spiro atoms. The van der Waals surface area contributed by atoms with E-state index in [9.17, 15) is 9.59 Å². The van der Waals surface area contributed by atoms with E-state index in [1.807, 2.05) is 84.6 Å². The molecule has 0 aromatic heterocycles. The summed E-state index contributed by atoms with van der Waals surface area (Å²) in [4.78, 5) is 29.8. The molecule has 0 fully saturated rings. The Labute approximate surface area is 230 Å². The van der Waals surface area contributed by atoms with Crippen molar-refractivity contribution in [3.63, 3.8) is 0 Å². The van der Waals surface area contributed by atoms with Crippen LogP contribution in [0.25, 0.3) is 0 Å². The summed E-state index contributed by atoms with van der Waals surface area (Å²) in [5.41, 5.74) is 1.82. The summed E-state index contributed by atoms with van der Waals surface area (Å²) in [5, 5.41) is 3.11. The molecule has 2 amide bonds. The van der Waals surface area contributed by atoms with Crippen LogP contribution in [0.2, 0.25) is 0 Å².